The van der Waals surface area contributed by atoms with Crippen LogP contribution in [0.1, 0.15) is 21.7 Å². The van der Waals surface area contributed by atoms with Gasteiger partial charge in [-0.05, 0) is 46.3 Å². The quantitative estimate of drug-likeness (QED) is 0.428. The van der Waals surface area contributed by atoms with Gasteiger partial charge in [-0.25, -0.2) is 0 Å². The fourth-order valence-electron chi connectivity index (χ4n) is 3.02. The van der Waals surface area contributed by atoms with E-state index in [1.54, 1.807) is 40.8 Å². The highest BCUT2D eigenvalue weighted by Gasteiger charge is 2.17. The van der Waals surface area contributed by atoms with E-state index in [0.29, 0.717) is 17.9 Å². The molecule has 2 aromatic carbocycles. The van der Waals surface area contributed by atoms with Crippen molar-refractivity contribution >= 4 is 17.7 Å². The van der Waals surface area contributed by atoms with Gasteiger partial charge >= 0.3 is 0 Å². The second kappa shape index (κ2) is 9.32. The molecule has 0 N–H and O–H groups in total. The standard InChI is InChI=1S/C22H20N6OS/c1-27(15-17-8-7-13-23-14-17)22(29)19-11-5-6-12-20(19)30-16-21-24-25-26-28(21)18-9-3-2-4-10-18/h2-14H,15-16H2,1H3. The second-order valence-corrected chi connectivity index (χ2v) is 7.67. The van der Waals surface area contributed by atoms with Crippen molar-refractivity contribution in [3.8, 4) is 5.69 Å². The molecule has 0 bridgehead atoms. The van der Waals surface area contributed by atoms with Crippen molar-refractivity contribution in [3.63, 3.8) is 0 Å². The van der Waals surface area contributed by atoms with Crippen molar-refractivity contribution in [2.45, 2.75) is 17.2 Å². The number of aromatic nitrogens is 5. The third-order valence-electron chi connectivity index (χ3n) is 4.50. The Labute approximate surface area is 178 Å². The lowest BCUT2D eigenvalue weighted by atomic mass is 10.2. The van der Waals surface area contributed by atoms with Gasteiger partial charge in [0.15, 0.2) is 5.82 Å². The zero-order chi connectivity index (χ0) is 20.8. The Hall–Kier alpha value is -3.52. The predicted octanol–water partition coefficient (Wildman–Crippen LogP) is 3.62. The largest absolute Gasteiger partial charge is 0.337 e. The summed E-state index contributed by atoms with van der Waals surface area (Å²) in [6.07, 6.45) is 3.49. The normalized spacial score (nSPS) is 10.7. The van der Waals surface area contributed by atoms with Crippen LogP contribution in [0.5, 0.6) is 0 Å². The number of thioether (sulfide) groups is 1. The van der Waals surface area contributed by atoms with Gasteiger partial charge in [0.05, 0.1) is 17.0 Å². The molecule has 0 spiro atoms. The highest BCUT2D eigenvalue weighted by Crippen LogP contribution is 2.27. The summed E-state index contributed by atoms with van der Waals surface area (Å²) in [4.78, 5) is 19.8. The number of rotatable bonds is 7. The van der Waals surface area contributed by atoms with E-state index < -0.39 is 0 Å². The van der Waals surface area contributed by atoms with E-state index in [-0.39, 0.29) is 5.91 Å². The number of carbonyl (C=O) groups is 1. The molecule has 4 aromatic rings. The van der Waals surface area contributed by atoms with Crippen LogP contribution in [-0.4, -0.2) is 43.0 Å². The van der Waals surface area contributed by atoms with Crippen LogP contribution in [0.2, 0.25) is 0 Å². The van der Waals surface area contributed by atoms with Gasteiger partial charge in [-0.2, -0.15) is 4.68 Å². The van der Waals surface area contributed by atoms with Crippen molar-refractivity contribution in [3.05, 3.63) is 96.1 Å². The number of hydrogen-bond acceptors (Lipinski definition) is 6. The first-order chi connectivity index (χ1) is 14.7. The number of amides is 1. The van der Waals surface area contributed by atoms with E-state index >= 15 is 0 Å². The van der Waals surface area contributed by atoms with Gasteiger partial charge in [0.1, 0.15) is 0 Å². The van der Waals surface area contributed by atoms with E-state index in [2.05, 4.69) is 20.5 Å². The summed E-state index contributed by atoms with van der Waals surface area (Å²) in [7, 11) is 1.80. The zero-order valence-electron chi connectivity index (χ0n) is 16.4. The topological polar surface area (TPSA) is 76.8 Å². The van der Waals surface area contributed by atoms with Crippen molar-refractivity contribution in [1.82, 2.24) is 30.1 Å². The number of benzene rings is 2. The summed E-state index contributed by atoms with van der Waals surface area (Å²) in [5, 5.41) is 12.1. The lowest BCUT2D eigenvalue weighted by molar-refractivity contribution is 0.0781. The molecule has 2 aromatic heterocycles. The first kappa shape index (κ1) is 19.8. The molecule has 0 unspecified atom stereocenters. The Kier molecular flexibility index (Phi) is 6.14. The molecule has 1 amide bonds. The predicted molar refractivity (Wildman–Crippen MR) is 115 cm³/mol. The lowest BCUT2D eigenvalue weighted by Crippen LogP contribution is -2.26. The molecule has 4 rings (SSSR count). The molecule has 0 aliphatic heterocycles. The number of nitrogens with zero attached hydrogens (tertiary/aromatic N) is 6. The summed E-state index contributed by atoms with van der Waals surface area (Å²) in [5.41, 5.74) is 2.55. The van der Waals surface area contributed by atoms with Crippen LogP contribution >= 0.6 is 11.8 Å². The minimum atomic E-state index is -0.0374. The van der Waals surface area contributed by atoms with Crippen molar-refractivity contribution < 1.29 is 4.79 Å². The highest BCUT2D eigenvalue weighted by atomic mass is 32.2. The molecule has 0 aliphatic rings. The summed E-state index contributed by atoms with van der Waals surface area (Å²) >= 11 is 1.54. The van der Waals surface area contributed by atoms with Gasteiger partial charge < -0.3 is 4.90 Å². The third kappa shape index (κ3) is 4.55. The fourth-order valence-corrected chi connectivity index (χ4v) is 3.97. The van der Waals surface area contributed by atoms with Crippen molar-refractivity contribution in [2.75, 3.05) is 7.05 Å². The SMILES string of the molecule is CN(Cc1cccnc1)C(=O)c1ccccc1SCc1nnnn1-c1ccccc1. The molecular formula is C22H20N6OS. The molecule has 150 valence electrons. The summed E-state index contributed by atoms with van der Waals surface area (Å²) in [6.45, 7) is 0.498. The van der Waals surface area contributed by atoms with Crippen LogP contribution in [0, 0.1) is 0 Å². The molecule has 7 nitrogen and oxygen atoms in total. The third-order valence-corrected chi connectivity index (χ3v) is 5.57. The molecule has 0 fully saturated rings. The fraction of sp³-hybridized carbons (Fsp3) is 0.136. The van der Waals surface area contributed by atoms with Crippen LogP contribution in [-0.2, 0) is 12.3 Å². The van der Waals surface area contributed by atoms with Crippen LogP contribution in [0.4, 0.5) is 0 Å². The Morgan fingerprint density at radius 2 is 1.83 bits per heavy atom. The number of tetrazole rings is 1. The highest BCUT2D eigenvalue weighted by molar-refractivity contribution is 7.98. The van der Waals surface area contributed by atoms with Crippen molar-refractivity contribution in [1.29, 1.82) is 0 Å². The number of para-hydroxylation sites is 1. The molecule has 0 aliphatic carbocycles. The monoisotopic (exact) mass is 416 g/mol. The first-order valence-electron chi connectivity index (χ1n) is 9.41. The van der Waals surface area contributed by atoms with Gasteiger partial charge in [0.2, 0.25) is 0 Å². The van der Waals surface area contributed by atoms with Crippen LogP contribution in [0.15, 0.2) is 84.0 Å². The molecule has 30 heavy (non-hydrogen) atoms. The minimum absolute atomic E-state index is 0.0374. The van der Waals surface area contributed by atoms with Gasteiger partial charge in [-0.3, -0.25) is 9.78 Å². The van der Waals surface area contributed by atoms with Crippen LogP contribution in [0.25, 0.3) is 5.69 Å². The Morgan fingerprint density at radius 3 is 2.63 bits per heavy atom. The van der Waals surface area contributed by atoms with E-state index in [9.17, 15) is 4.79 Å². The summed E-state index contributed by atoms with van der Waals surface area (Å²) < 4.78 is 1.71. The average Bonchev–Trinajstić information content (AvgIpc) is 3.27. The van der Waals surface area contributed by atoms with Gasteiger partial charge in [-0.1, -0.05) is 36.4 Å². The molecule has 0 saturated heterocycles. The van der Waals surface area contributed by atoms with E-state index in [1.807, 2.05) is 66.7 Å². The van der Waals surface area contributed by atoms with Gasteiger partial charge in [-0.15, -0.1) is 16.9 Å². The number of pyridine rings is 1. The zero-order valence-corrected chi connectivity index (χ0v) is 17.2. The minimum Gasteiger partial charge on any atom is -0.337 e. The molecule has 8 heteroatoms. The smallest absolute Gasteiger partial charge is 0.255 e. The van der Waals surface area contributed by atoms with Crippen LogP contribution in [0.3, 0.4) is 0 Å². The van der Waals surface area contributed by atoms with Gasteiger partial charge in [0.25, 0.3) is 5.91 Å². The molecule has 0 saturated carbocycles. The maximum Gasteiger partial charge on any atom is 0.255 e. The summed E-state index contributed by atoms with van der Waals surface area (Å²) in [5.74, 6) is 1.22. The molecular weight excluding hydrogens is 396 g/mol. The second-order valence-electron chi connectivity index (χ2n) is 6.65. The van der Waals surface area contributed by atoms with Gasteiger partial charge in [0, 0.05) is 30.9 Å². The molecule has 0 atom stereocenters. The van der Waals surface area contributed by atoms with E-state index in [1.165, 1.54) is 0 Å². The van der Waals surface area contributed by atoms with E-state index in [4.69, 9.17) is 0 Å². The maximum absolute atomic E-state index is 13.1. The average molecular weight is 417 g/mol. The maximum atomic E-state index is 13.1. The van der Waals surface area contributed by atoms with Crippen LogP contribution < -0.4 is 0 Å². The number of carbonyl (C=O) groups excluding carboxylic acids is 1. The Morgan fingerprint density at radius 1 is 1.03 bits per heavy atom. The Balaban J connectivity index is 1.49. The van der Waals surface area contributed by atoms with Crippen molar-refractivity contribution in [2.24, 2.45) is 0 Å². The Bertz CT molecular complexity index is 1120. The molecule has 0 radical (unpaired) electrons. The molecule has 2 heterocycles. The first-order valence-corrected chi connectivity index (χ1v) is 10.4. The summed E-state index contributed by atoms with van der Waals surface area (Å²) in [6, 6.07) is 21.2. The van der Waals surface area contributed by atoms with E-state index in [0.717, 1.165) is 22.0 Å². The number of hydrogen-bond donors (Lipinski definition) is 0. The lowest BCUT2D eigenvalue weighted by Gasteiger charge is -2.19.